The van der Waals surface area contributed by atoms with Crippen molar-refractivity contribution >= 4 is 107 Å². The van der Waals surface area contributed by atoms with E-state index in [2.05, 4.69) is 36.0 Å². The van der Waals surface area contributed by atoms with Gasteiger partial charge in [-0.1, -0.05) is 74.6 Å². The van der Waals surface area contributed by atoms with E-state index in [1.165, 1.54) is 35.2 Å². The van der Waals surface area contributed by atoms with Crippen molar-refractivity contribution in [1.29, 1.82) is 0 Å². The maximum atomic E-state index is 13.8. The third-order valence-corrected chi connectivity index (χ3v) is 14.4. The van der Waals surface area contributed by atoms with Crippen molar-refractivity contribution in [3.63, 3.8) is 0 Å². The van der Waals surface area contributed by atoms with Crippen LogP contribution in [0, 0.1) is 17.5 Å². The average molecular weight is 1190 g/mol. The van der Waals surface area contributed by atoms with Crippen LogP contribution in [0.2, 0.25) is 0 Å². The molecule has 0 bridgehead atoms. The topological polar surface area (TPSA) is 263 Å². The standard InChI is InChI=1S/C17H15FN4O2.C17H14FNO4S.C17H16FNO3.2CH4.Cl2OS.N3.Na/c18-10-5-6-15-12(7-10)11-3-1-2-4-14(11)22(15)16-9-24-8-13(17(16)23)20-21-19;18-10-5-6-14-12(7-10)11-3-1-2-4-13(11)19(14)15-8-21-9-16-17(15)23-24(20)22-16;18-10-5-6-14-12(7-10)11-3-1-2-4-13(11)19(14)15-8-22-9-16(20)17(15)21;;;1-4(2)3;1-3-2;/h1-7,13,16-17,23H,8-9H2;1-7,15-17H,8-9H2;1-7,15-17,20-21H,8-9H2;2*1H4;;;/q;;;;;;-1;+1/t13-,16+,17+;15-,16-,17+,24?;15-,16-,17+;;;;;/m100...../s1. The molecular weight excluding hydrogens is 1140 g/mol. The van der Waals surface area contributed by atoms with Crippen LogP contribution in [-0.2, 0) is 43.2 Å². The summed E-state index contributed by atoms with van der Waals surface area (Å²) in [6.45, 7) is 1.70. The monoisotopic (exact) mass is 1190 g/mol. The normalized spacial score (nSPS) is 23.9. The first-order chi connectivity index (χ1) is 37.2. The fourth-order valence-electron chi connectivity index (χ4n) is 10.5. The van der Waals surface area contributed by atoms with Gasteiger partial charge in [-0.25, -0.2) is 17.4 Å². The molecule has 27 heteroatoms. The minimum absolute atomic E-state index is 0. The Labute approximate surface area is 492 Å². The van der Waals surface area contributed by atoms with Crippen LogP contribution in [0.4, 0.5) is 13.2 Å². The zero-order valence-corrected chi connectivity index (χ0v) is 46.1. The van der Waals surface area contributed by atoms with E-state index in [1.807, 2.05) is 81.9 Å². The van der Waals surface area contributed by atoms with Crippen molar-refractivity contribution in [2.75, 3.05) is 39.6 Å². The van der Waals surface area contributed by atoms with Gasteiger partial charge in [-0.15, -0.1) is 0 Å². The summed E-state index contributed by atoms with van der Waals surface area (Å²) in [6, 6.07) is 35.5. The Kier molecular flexibility index (Phi) is 22.8. The number of fused-ring (bicyclic) bond motifs is 10. The maximum absolute atomic E-state index is 13.8. The fraction of sp³-hybridized carbons (Fsp3) is 0.321. The van der Waals surface area contributed by atoms with Crippen LogP contribution < -0.4 is 29.6 Å². The van der Waals surface area contributed by atoms with E-state index in [-0.39, 0.29) is 93.3 Å². The molecule has 3 aromatic heterocycles. The average Bonchev–Trinajstić information content (AvgIpc) is 4.38. The molecule has 1 unspecified atom stereocenters. The van der Waals surface area contributed by atoms with Crippen LogP contribution in [-0.4, -0.2) is 114 Å². The van der Waals surface area contributed by atoms with Crippen molar-refractivity contribution in [1.82, 2.24) is 13.7 Å². The van der Waals surface area contributed by atoms with Gasteiger partial charge in [0.15, 0.2) is 0 Å². The first kappa shape index (κ1) is 63.9. The van der Waals surface area contributed by atoms with Crippen LogP contribution in [0.1, 0.15) is 33.0 Å². The quantitative estimate of drug-likeness (QED) is 0.0495. The molecule has 4 aliphatic rings. The number of aliphatic hydroxyl groups excluding tert-OH is 3. The largest absolute Gasteiger partial charge is 1.00 e. The van der Waals surface area contributed by atoms with Crippen LogP contribution in [0.3, 0.4) is 0 Å². The van der Waals surface area contributed by atoms with Crippen LogP contribution in [0.5, 0.6) is 0 Å². The molecule has 80 heavy (non-hydrogen) atoms. The van der Waals surface area contributed by atoms with Crippen LogP contribution >= 0.6 is 21.4 Å². The minimum Gasteiger partial charge on any atom is -0.390 e. The predicted molar refractivity (Wildman–Crippen MR) is 300 cm³/mol. The summed E-state index contributed by atoms with van der Waals surface area (Å²) in [5, 5.41) is 39.8. The van der Waals surface area contributed by atoms with Gasteiger partial charge in [0.1, 0.15) is 41.9 Å². The number of nitrogens with zero attached hydrogens (tertiary/aromatic N) is 9. The molecule has 13 rings (SSSR count). The number of hydrogen-bond acceptors (Lipinski definition) is 11. The summed E-state index contributed by atoms with van der Waals surface area (Å²) in [5.74, 6) is -0.876. The van der Waals surface area contributed by atoms with Crippen molar-refractivity contribution in [2.45, 2.75) is 69.5 Å². The molecular formula is C53H53Cl2F3N9NaO10S2. The van der Waals surface area contributed by atoms with Crippen molar-refractivity contribution < 1.29 is 89.0 Å². The van der Waals surface area contributed by atoms with Gasteiger partial charge in [0.25, 0.3) is 0 Å². The van der Waals surface area contributed by atoms with E-state index in [0.717, 1.165) is 65.4 Å². The number of benzene rings is 6. The Morgan fingerprint density at radius 2 is 0.912 bits per heavy atom. The second-order valence-electron chi connectivity index (χ2n) is 18.0. The molecule has 418 valence electrons. The summed E-state index contributed by atoms with van der Waals surface area (Å²) >= 11 is -1.75. The number of azide groups is 1. The van der Waals surface area contributed by atoms with Gasteiger partial charge in [0.2, 0.25) is 9.23 Å². The van der Waals surface area contributed by atoms with E-state index in [4.69, 9.17) is 43.4 Å². The van der Waals surface area contributed by atoms with Crippen LogP contribution in [0.15, 0.2) is 133 Å². The zero-order chi connectivity index (χ0) is 54.5. The van der Waals surface area contributed by atoms with E-state index < -0.39 is 57.0 Å². The first-order valence-electron chi connectivity index (χ1n) is 23.6. The number of rotatable bonds is 4. The summed E-state index contributed by atoms with van der Waals surface area (Å²) in [4.78, 5) is 4.29. The Morgan fingerprint density at radius 1 is 0.550 bits per heavy atom. The summed E-state index contributed by atoms with van der Waals surface area (Å²) in [6.07, 6.45) is -3.43. The summed E-state index contributed by atoms with van der Waals surface area (Å²) in [7, 11) is 7.36. The second-order valence-corrected chi connectivity index (χ2v) is 21.3. The molecule has 6 aromatic carbocycles. The van der Waals surface area contributed by atoms with Gasteiger partial charge >= 0.3 is 40.9 Å². The number of halogens is 5. The molecule has 7 heterocycles. The van der Waals surface area contributed by atoms with Crippen molar-refractivity contribution in [3.05, 3.63) is 171 Å². The second kappa shape index (κ2) is 28.6. The smallest absolute Gasteiger partial charge is 0.390 e. The molecule has 9 aromatic rings. The molecule has 0 amide bonds. The maximum Gasteiger partial charge on any atom is 1.00 e. The van der Waals surface area contributed by atoms with Gasteiger partial charge in [0.05, 0.1) is 69.9 Å². The summed E-state index contributed by atoms with van der Waals surface area (Å²) < 4.78 is 95.2. The van der Waals surface area contributed by atoms with Gasteiger partial charge in [-0.05, 0) is 78.3 Å². The van der Waals surface area contributed by atoms with Gasteiger partial charge in [0, 0.05) is 91.7 Å². The van der Waals surface area contributed by atoms with E-state index >= 15 is 0 Å². The van der Waals surface area contributed by atoms with E-state index in [0.29, 0.717) is 26.4 Å². The fourth-order valence-corrected chi connectivity index (χ4v) is 11.4. The van der Waals surface area contributed by atoms with Gasteiger partial charge < -0.3 is 54.3 Å². The zero-order valence-electron chi connectivity index (χ0n) is 41.0. The molecule has 0 saturated carbocycles. The number of para-hydroxylation sites is 3. The Morgan fingerprint density at radius 3 is 1.35 bits per heavy atom. The third-order valence-electron chi connectivity index (χ3n) is 13.7. The van der Waals surface area contributed by atoms with Crippen molar-refractivity contribution in [2.24, 2.45) is 5.11 Å². The molecule has 4 saturated heterocycles. The van der Waals surface area contributed by atoms with Gasteiger partial charge in [-0.2, -0.15) is 4.21 Å². The van der Waals surface area contributed by atoms with E-state index in [1.54, 1.807) is 24.3 Å². The van der Waals surface area contributed by atoms with Crippen LogP contribution in [0.25, 0.3) is 91.8 Å². The molecule has 0 spiro atoms. The minimum atomic E-state index is -1.75. The molecule has 4 aliphatic heterocycles. The number of hydrogen-bond donors (Lipinski definition) is 3. The molecule has 3 N–H and O–H groups in total. The Balaban J connectivity index is 0.000000180. The number of aliphatic hydroxyl groups is 3. The van der Waals surface area contributed by atoms with E-state index in [9.17, 15) is 32.7 Å². The Hall–Kier alpha value is -5.31. The molecule has 0 radical (unpaired) electrons. The summed E-state index contributed by atoms with van der Waals surface area (Å²) in [5.41, 5.74) is 27.4. The molecule has 10 atom stereocenters. The first-order valence-corrected chi connectivity index (χ1v) is 27.4. The van der Waals surface area contributed by atoms with Crippen molar-refractivity contribution in [3.8, 4) is 0 Å². The molecule has 4 fully saturated rings. The number of aromatic nitrogens is 3. The Bertz CT molecular complexity index is 3750. The van der Waals surface area contributed by atoms with Gasteiger partial charge in [-0.3, -0.25) is 13.3 Å². The molecule has 19 nitrogen and oxygen atoms in total. The SMILES string of the molecule is C.C.O=S(Cl)Cl.O=S1O[C@H]2[C@H](COC[C@@H]2n2c3ccccc3c3cc(F)ccc32)O1.O[C@H]1[C@@H](O)COC[C@@H]1n1c2ccccc2c2cc(F)ccc21.[N-]=[N+]=N[C@@H]1COC[C@H](n2c3ccccc3c3cc(F)ccc32)[C@H]1O.[N-]=[N+]=[N-].[Na+]. The predicted octanol–water partition coefficient (Wildman–Crippen LogP) is 8.82. The third kappa shape index (κ3) is 13.3. The molecule has 0 aliphatic carbocycles. The number of ether oxygens (including phenoxy) is 3.